The van der Waals surface area contributed by atoms with Crippen molar-refractivity contribution in [1.29, 1.82) is 0 Å². The highest BCUT2D eigenvalue weighted by Crippen LogP contribution is 2.24. The second kappa shape index (κ2) is 8.35. The average molecular weight is 395 g/mol. The van der Waals surface area contributed by atoms with Crippen molar-refractivity contribution in [3.63, 3.8) is 0 Å². The van der Waals surface area contributed by atoms with Crippen LogP contribution in [0.1, 0.15) is 12.8 Å². The Bertz CT molecular complexity index is 980. The number of hydrogen-bond donors (Lipinski definition) is 3. The number of thioether (sulfide) groups is 1. The Kier molecular flexibility index (Phi) is 5.48. The van der Waals surface area contributed by atoms with Crippen molar-refractivity contribution in [2.75, 3.05) is 27.5 Å². The minimum atomic E-state index is -0.337. The zero-order valence-corrected chi connectivity index (χ0v) is 16.0. The Morgan fingerprint density at radius 3 is 2.32 bits per heavy atom. The molecule has 0 unspecified atom stereocenters. The van der Waals surface area contributed by atoms with E-state index in [2.05, 4.69) is 20.9 Å². The minimum absolute atomic E-state index is 0.0775. The molecule has 3 N–H and O–H groups in total. The Labute approximate surface area is 166 Å². The predicted molar refractivity (Wildman–Crippen MR) is 113 cm³/mol. The van der Waals surface area contributed by atoms with Gasteiger partial charge in [0.05, 0.1) is 5.69 Å². The summed E-state index contributed by atoms with van der Waals surface area (Å²) in [5.74, 6) is 2.26. The van der Waals surface area contributed by atoms with Gasteiger partial charge in [-0.05, 0) is 60.7 Å². The lowest BCUT2D eigenvalue weighted by molar-refractivity contribution is -0.120. The van der Waals surface area contributed by atoms with Gasteiger partial charge in [0.2, 0.25) is 5.91 Å². The first-order valence-electron chi connectivity index (χ1n) is 9.17. The van der Waals surface area contributed by atoms with Crippen molar-refractivity contribution in [3.8, 4) is 0 Å². The lowest BCUT2D eigenvalue weighted by atomic mass is 10.0. The number of carbonyl (C=O) groups is 2. The smallest absolute Gasteiger partial charge is 0.323 e. The van der Waals surface area contributed by atoms with E-state index < -0.39 is 0 Å². The summed E-state index contributed by atoms with van der Waals surface area (Å²) in [5.41, 5.74) is 2.86. The normalized spacial score (nSPS) is 14.6. The molecule has 1 saturated heterocycles. The van der Waals surface area contributed by atoms with Crippen molar-refractivity contribution < 1.29 is 9.59 Å². The first-order valence-corrected chi connectivity index (χ1v) is 10.3. The Morgan fingerprint density at radius 1 is 0.929 bits per heavy atom. The maximum atomic E-state index is 12.3. The maximum Gasteiger partial charge on any atom is 0.323 e. The van der Waals surface area contributed by atoms with Crippen LogP contribution in [0.5, 0.6) is 0 Å². The lowest BCUT2D eigenvalue weighted by Crippen LogP contribution is -2.26. The Hall–Kier alpha value is -3.00. The van der Waals surface area contributed by atoms with Crippen LogP contribution in [0.4, 0.5) is 21.9 Å². The van der Waals surface area contributed by atoms with Crippen LogP contribution in [0.3, 0.4) is 0 Å². The highest BCUT2D eigenvalue weighted by molar-refractivity contribution is 7.99. The van der Waals surface area contributed by atoms with Crippen LogP contribution in [-0.2, 0) is 4.79 Å². The topological polar surface area (TPSA) is 87.5 Å². The van der Waals surface area contributed by atoms with Crippen molar-refractivity contribution in [2.45, 2.75) is 12.8 Å². The van der Waals surface area contributed by atoms with E-state index in [1.165, 1.54) is 0 Å². The van der Waals surface area contributed by atoms with Gasteiger partial charge >= 0.3 is 6.03 Å². The standard InChI is InChI=1S/C20H21N5O2S/c26-19(14-7-11-28-12-8-14)22-15-1-3-16(4-2-15)23-20(27)24-17-5-6-18-21-9-10-25(18)13-17/h1-6,9-10,13-14H,7-8,11-12H2,(H,22,26)(H2,23,24,27). The molecule has 1 aliphatic rings. The fourth-order valence-electron chi connectivity index (χ4n) is 3.13. The fourth-order valence-corrected chi connectivity index (χ4v) is 4.23. The monoisotopic (exact) mass is 395 g/mol. The lowest BCUT2D eigenvalue weighted by Gasteiger charge is -2.20. The van der Waals surface area contributed by atoms with Crippen LogP contribution in [0.15, 0.2) is 55.0 Å². The number of hydrogen-bond acceptors (Lipinski definition) is 4. The number of benzene rings is 1. The van der Waals surface area contributed by atoms with Crippen molar-refractivity contribution in [2.24, 2.45) is 5.92 Å². The quantitative estimate of drug-likeness (QED) is 0.622. The Morgan fingerprint density at radius 2 is 1.57 bits per heavy atom. The first kappa shape index (κ1) is 18.4. The molecule has 0 atom stereocenters. The van der Waals surface area contributed by atoms with E-state index in [-0.39, 0.29) is 17.9 Å². The second-order valence-electron chi connectivity index (χ2n) is 6.64. The molecule has 144 valence electrons. The third-order valence-electron chi connectivity index (χ3n) is 4.65. The Balaban J connectivity index is 1.32. The van der Waals surface area contributed by atoms with Crippen LogP contribution in [0, 0.1) is 5.92 Å². The number of nitrogens with one attached hydrogen (secondary N) is 3. The number of aromatic nitrogens is 2. The molecule has 4 rings (SSSR count). The zero-order valence-electron chi connectivity index (χ0n) is 15.2. The highest BCUT2D eigenvalue weighted by atomic mass is 32.2. The molecular weight excluding hydrogens is 374 g/mol. The summed E-state index contributed by atoms with van der Waals surface area (Å²) in [6.07, 6.45) is 7.18. The van der Waals surface area contributed by atoms with Crippen LogP contribution in [0.2, 0.25) is 0 Å². The van der Waals surface area contributed by atoms with Gasteiger partial charge in [-0.2, -0.15) is 11.8 Å². The van der Waals surface area contributed by atoms with E-state index in [0.29, 0.717) is 11.4 Å². The number of nitrogens with zero attached hydrogens (tertiary/aromatic N) is 2. The molecule has 2 aromatic heterocycles. The molecule has 0 bridgehead atoms. The van der Waals surface area contributed by atoms with E-state index >= 15 is 0 Å². The largest absolute Gasteiger partial charge is 0.326 e. The third kappa shape index (κ3) is 4.45. The predicted octanol–water partition coefficient (Wildman–Crippen LogP) is 4.06. The van der Waals surface area contributed by atoms with E-state index in [0.717, 1.165) is 35.7 Å². The number of fused-ring (bicyclic) bond motifs is 1. The summed E-state index contributed by atoms with van der Waals surface area (Å²) in [6, 6.07) is 10.4. The van der Waals surface area contributed by atoms with Crippen LogP contribution in [0.25, 0.3) is 5.65 Å². The minimum Gasteiger partial charge on any atom is -0.326 e. The molecule has 0 aliphatic carbocycles. The van der Waals surface area contributed by atoms with Gasteiger partial charge in [0.25, 0.3) is 0 Å². The summed E-state index contributed by atoms with van der Waals surface area (Å²) in [7, 11) is 0. The summed E-state index contributed by atoms with van der Waals surface area (Å²) >= 11 is 1.90. The summed E-state index contributed by atoms with van der Waals surface area (Å²) in [5, 5.41) is 8.54. The van der Waals surface area contributed by atoms with Gasteiger partial charge in [0.1, 0.15) is 5.65 Å². The van der Waals surface area contributed by atoms with Gasteiger partial charge in [-0.25, -0.2) is 9.78 Å². The third-order valence-corrected chi connectivity index (χ3v) is 5.70. The molecule has 0 spiro atoms. The van der Waals surface area contributed by atoms with Gasteiger partial charge in [0.15, 0.2) is 0 Å². The highest BCUT2D eigenvalue weighted by Gasteiger charge is 2.21. The number of pyridine rings is 1. The van der Waals surface area contributed by atoms with Gasteiger partial charge < -0.3 is 20.4 Å². The molecule has 7 nitrogen and oxygen atoms in total. The number of anilines is 3. The summed E-state index contributed by atoms with van der Waals surface area (Å²) in [4.78, 5) is 28.7. The SMILES string of the molecule is O=C(Nc1ccc(NC(=O)C2CCSCC2)cc1)Nc1ccc2nccn2c1. The van der Waals surface area contributed by atoms with Gasteiger partial charge in [-0.3, -0.25) is 4.79 Å². The maximum absolute atomic E-state index is 12.3. The van der Waals surface area contributed by atoms with Gasteiger partial charge in [-0.1, -0.05) is 0 Å². The van der Waals surface area contributed by atoms with E-state index in [9.17, 15) is 9.59 Å². The molecule has 1 fully saturated rings. The first-order chi connectivity index (χ1) is 13.7. The summed E-state index contributed by atoms with van der Waals surface area (Å²) in [6.45, 7) is 0. The molecular formula is C20H21N5O2S. The zero-order chi connectivity index (χ0) is 19.3. The number of urea groups is 1. The number of carbonyl (C=O) groups excluding carboxylic acids is 2. The summed E-state index contributed by atoms with van der Waals surface area (Å²) < 4.78 is 1.83. The molecule has 3 aromatic rings. The van der Waals surface area contributed by atoms with Crippen molar-refractivity contribution >= 4 is 46.4 Å². The van der Waals surface area contributed by atoms with E-state index in [1.807, 2.05) is 28.4 Å². The number of amides is 3. The fraction of sp³-hybridized carbons (Fsp3) is 0.250. The number of imidazole rings is 1. The van der Waals surface area contributed by atoms with Crippen LogP contribution < -0.4 is 16.0 Å². The van der Waals surface area contributed by atoms with Gasteiger partial charge in [0, 0.05) is 35.9 Å². The van der Waals surface area contributed by atoms with Crippen molar-refractivity contribution in [1.82, 2.24) is 9.38 Å². The number of rotatable bonds is 4. The van der Waals surface area contributed by atoms with Crippen molar-refractivity contribution in [3.05, 3.63) is 55.0 Å². The molecule has 3 amide bonds. The molecule has 3 heterocycles. The van der Waals surface area contributed by atoms with E-state index in [4.69, 9.17) is 0 Å². The molecule has 1 aliphatic heterocycles. The van der Waals surface area contributed by atoms with E-state index in [1.54, 1.807) is 42.7 Å². The van der Waals surface area contributed by atoms with Gasteiger partial charge in [-0.15, -0.1) is 0 Å². The van der Waals surface area contributed by atoms with Crippen LogP contribution >= 0.6 is 11.8 Å². The molecule has 28 heavy (non-hydrogen) atoms. The average Bonchev–Trinajstić information content (AvgIpc) is 3.18. The molecule has 0 saturated carbocycles. The molecule has 8 heteroatoms. The molecule has 1 aromatic carbocycles. The second-order valence-corrected chi connectivity index (χ2v) is 7.87. The van der Waals surface area contributed by atoms with Crippen LogP contribution in [-0.4, -0.2) is 32.8 Å². The molecule has 0 radical (unpaired) electrons.